The molecule has 2 aromatic carbocycles. The van der Waals surface area contributed by atoms with Crippen molar-refractivity contribution < 1.29 is 39.8 Å². The molecule has 0 fully saturated rings. The smallest absolute Gasteiger partial charge is 0.389 e. The summed E-state index contributed by atoms with van der Waals surface area (Å²) in [4.78, 5) is 40.2. The lowest BCUT2D eigenvalue weighted by molar-refractivity contribution is 0.285. The van der Waals surface area contributed by atoms with Gasteiger partial charge in [-0.2, -0.15) is 0 Å². The largest absolute Gasteiger partial charge is 0.416 e. The Labute approximate surface area is 248 Å². The molecule has 0 atom stereocenters. The molecule has 0 saturated carbocycles. The molecule has 0 bridgehead atoms. The Bertz CT molecular complexity index is 974. The molecule has 228 valence electrons. The molecule has 0 aliphatic heterocycles. The minimum absolute atomic E-state index is 0.910. The van der Waals surface area contributed by atoms with E-state index in [2.05, 4.69) is 0 Å². The first-order valence-electron chi connectivity index (χ1n) is 13.3. The molecule has 0 saturated heterocycles. The molecular weight excluding hydrogens is 629 g/mol. The molecule has 9 nitrogen and oxygen atoms in total. The Balaban J connectivity index is 0.000000520. The third kappa shape index (κ3) is 15.2. The number of hydrogen-bond acceptors (Lipinski definition) is 9. The standard InChI is InChI=1S/C18H30O5Si4.C6H20O4Si3/c1-24(2,19)21-26(5,6)23-27(22-25(3,4)20,17-13-9-7-10-14-17)18-15-11-8-12-16-18;1-11(2,7)9-13(5,6)10-12(3,4)8/h7-16,19-20H,1-6H3;7-8H,1-6H3. The van der Waals surface area contributed by atoms with E-state index < -0.39 is 59.9 Å². The van der Waals surface area contributed by atoms with Gasteiger partial charge in [-0.05, 0) is 88.9 Å². The summed E-state index contributed by atoms with van der Waals surface area (Å²) in [5.41, 5.74) is 0. The molecule has 4 N–H and O–H groups in total. The summed E-state index contributed by atoms with van der Waals surface area (Å²) in [5, 5.41) is 1.82. The maximum atomic E-state index is 10.7. The molecule has 0 heterocycles. The molecule has 0 aromatic heterocycles. The lowest BCUT2D eigenvalue weighted by Crippen LogP contribution is -2.71. The van der Waals surface area contributed by atoms with Crippen LogP contribution in [-0.4, -0.2) is 79.1 Å². The molecule has 2 rings (SSSR count). The van der Waals surface area contributed by atoms with E-state index >= 15 is 0 Å². The fourth-order valence-electron chi connectivity index (χ4n) is 4.28. The van der Waals surface area contributed by atoms with Crippen molar-refractivity contribution in [2.45, 2.75) is 78.6 Å². The zero-order valence-electron chi connectivity index (χ0n) is 26.1. The first kappa shape index (κ1) is 37.6. The maximum Gasteiger partial charge on any atom is 0.389 e. The van der Waals surface area contributed by atoms with E-state index in [1.807, 2.05) is 86.9 Å². The monoisotopic (exact) mass is 678 g/mol. The zero-order valence-corrected chi connectivity index (χ0v) is 33.1. The Kier molecular flexibility index (Phi) is 13.1. The summed E-state index contributed by atoms with van der Waals surface area (Å²) in [6.07, 6.45) is 0. The van der Waals surface area contributed by atoms with Crippen LogP contribution in [0.3, 0.4) is 0 Å². The predicted molar refractivity (Wildman–Crippen MR) is 177 cm³/mol. The van der Waals surface area contributed by atoms with Gasteiger partial charge in [0.05, 0.1) is 0 Å². The van der Waals surface area contributed by atoms with Gasteiger partial charge in [0.1, 0.15) is 0 Å². The highest BCUT2D eigenvalue weighted by Gasteiger charge is 2.52. The molecule has 2 aromatic rings. The quantitative estimate of drug-likeness (QED) is 0.250. The van der Waals surface area contributed by atoms with E-state index in [0.29, 0.717) is 0 Å². The van der Waals surface area contributed by atoms with Gasteiger partial charge in [0, 0.05) is 0 Å². The fraction of sp³-hybridized carbons (Fsp3) is 0.500. The average molecular weight is 679 g/mol. The minimum Gasteiger partial charge on any atom is -0.416 e. The first-order chi connectivity index (χ1) is 17.7. The fourth-order valence-corrected chi connectivity index (χ4v) is 29.4. The Hall–Kier alpha value is -0.402. The van der Waals surface area contributed by atoms with Crippen LogP contribution in [0, 0.1) is 0 Å². The highest BCUT2D eigenvalue weighted by Crippen LogP contribution is 2.23. The topological polar surface area (TPSA) is 127 Å². The predicted octanol–water partition coefficient (Wildman–Crippen LogP) is 3.49. The maximum absolute atomic E-state index is 10.7. The van der Waals surface area contributed by atoms with Crippen LogP contribution in [0.4, 0.5) is 0 Å². The Morgan fingerprint density at radius 1 is 0.375 bits per heavy atom. The molecule has 0 radical (unpaired) electrons. The molecule has 16 heteroatoms. The van der Waals surface area contributed by atoms with Crippen molar-refractivity contribution in [3.63, 3.8) is 0 Å². The van der Waals surface area contributed by atoms with Crippen LogP contribution in [0.15, 0.2) is 60.7 Å². The van der Waals surface area contributed by atoms with E-state index in [1.54, 1.807) is 52.4 Å². The van der Waals surface area contributed by atoms with Crippen molar-refractivity contribution in [3.05, 3.63) is 60.7 Å². The highest BCUT2D eigenvalue weighted by atomic mass is 28.5. The van der Waals surface area contributed by atoms with Gasteiger partial charge in [-0.3, -0.25) is 0 Å². The van der Waals surface area contributed by atoms with E-state index in [0.717, 1.165) is 10.4 Å². The van der Waals surface area contributed by atoms with Crippen molar-refractivity contribution in [1.82, 2.24) is 0 Å². The van der Waals surface area contributed by atoms with Gasteiger partial charge < -0.3 is 39.8 Å². The van der Waals surface area contributed by atoms with Crippen LogP contribution in [0.25, 0.3) is 0 Å². The molecule has 0 aliphatic carbocycles. The van der Waals surface area contributed by atoms with Gasteiger partial charge in [0.2, 0.25) is 0 Å². The van der Waals surface area contributed by atoms with Crippen LogP contribution >= 0.6 is 0 Å². The SMILES string of the molecule is C[Si](C)(O)O[Si](C)(C)O[Si](C)(C)O.C[Si](C)(O)O[Si](C)(C)O[Si](O[Si](C)(C)O)(c1ccccc1)c1ccccc1. The minimum atomic E-state index is -3.26. The lowest BCUT2D eigenvalue weighted by atomic mass is 10.4. The molecule has 0 unspecified atom stereocenters. The molecule has 40 heavy (non-hydrogen) atoms. The summed E-state index contributed by atoms with van der Waals surface area (Å²) in [6.45, 7) is 21.2. The first-order valence-corrected chi connectivity index (χ1v) is 32.1. The zero-order chi connectivity index (χ0) is 31.3. The highest BCUT2D eigenvalue weighted by molar-refractivity contribution is 7.01. The summed E-state index contributed by atoms with van der Waals surface area (Å²) in [7, 11) is -19.2. The van der Waals surface area contributed by atoms with Gasteiger partial charge in [0.25, 0.3) is 0 Å². The van der Waals surface area contributed by atoms with Gasteiger partial charge in [-0.15, -0.1) is 0 Å². The summed E-state index contributed by atoms with van der Waals surface area (Å²) in [6, 6.07) is 19.6. The van der Waals surface area contributed by atoms with Crippen molar-refractivity contribution >= 4 is 70.3 Å². The third-order valence-corrected chi connectivity index (χ3v) is 24.9. The van der Waals surface area contributed by atoms with E-state index in [4.69, 9.17) is 20.6 Å². The van der Waals surface area contributed by atoms with E-state index in [9.17, 15) is 19.2 Å². The second-order valence-corrected chi connectivity index (χ2v) is 36.1. The molecule has 0 aliphatic rings. The van der Waals surface area contributed by atoms with Crippen molar-refractivity contribution in [2.75, 3.05) is 0 Å². The van der Waals surface area contributed by atoms with Gasteiger partial charge >= 0.3 is 59.9 Å². The van der Waals surface area contributed by atoms with Gasteiger partial charge in [-0.25, -0.2) is 0 Å². The Morgan fingerprint density at radius 3 is 0.875 bits per heavy atom. The third-order valence-electron chi connectivity index (χ3n) is 4.58. The van der Waals surface area contributed by atoms with Crippen molar-refractivity contribution in [1.29, 1.82) is 0 Å². The van der Waals surface area contributed by atoms with Crippen LogP contribution in [0.5, 0.6) is 0 Å². The van der Waals surface area contributed by atoms with Crippen LogP contribution in [0.2, 0.25) is 78.6 Å². The lowest BCUT2D eigenvalue weighted by Gasteiger charge is -2.42. The summed E-state index contributed by atoms with van der Waals surface area (Å²) in [5.74, 6) is 0. The van der Waals surface area contributed by atoms with Crippen LogP contribution in [-0.2, 0) is 20.6 Å². The number of benzene rings is 2. The van der Waals surface area contributed by atoms with E-state index in [1.165, 1.54) is 0 Å². The molecule has 0 amide bonds. The van der Waals surface area contributed by atoms with Crippen LogP contribution < -0.4 is 10.4 Å². The summed E-state index contributed by atoms with van der Waals surface area (Å²) < 4.78 is 30.2. The second kappa shape index (κ2) is 13.9. The molecular formula is C24H50O9Si7. The molecule has 0 spiro atoms. The number of rotatable bonds is 12. The van der Waals surface area contributed by atoms with E-state index in [-0.39, 0.29) is 0 Å². The van der Waals surface area contributed by atoms with Crippen molar-refractivity contribution in [2.24, 2.45) is 0 Å². The van der Waals surface area contributed by atoms with Gasteiger partial charge in [0.15, 0.2) is 0 Å². The van der Waals surface area contributed by atoms with Crippen molar-refractivity contribution in [3.8, 4) is 0 Å². The Morgan fingerprint density at radius 2 is 0.625 bits per heavy atom. The second-order valence-electron chi connectivity index (χ2n) is 12.4. The van der Waals surface area contributed by atoms with Gasteiger partial charge in [-0.1, -0.05) is 60.7 Å². The number of hydrogen-bond donors (Lipinski definition) is 4. The van der Waals surface area contributed by atoms with Crippen LogP contribution in [0.1, 0.15) is 0 Å². The average Bonchev–Trinajstić information content (AvgIpc) is 2.68. The normalized spacial score (nSPS) is 14.0. The summed E-state index contributed by atoms with van der Waals surface area (Å²) >= 11 is 0.